The number of pyridine rings is 1. The van der Waals surface area contributed by atoms with Gasteiger partial charge in [-0.3, -0.25) is 4.79 Å². The van der Waals surface area contributed by atoms with Crippen LogP contribution in [0.15, 0.2) is 48.7 Å². The lowest BCUT2D eigenvalue weighted by Crippen LogP contribution is -2.30. The van der Waals surface area contributed by atoms with Gasteiger partial charge in [0.1, 0.15) is 0 Å². The molecule has 2 rings (SSSR count). The first-order chi connectivity index (χ1) is 9.15. The molecular weight excluding hydrogens is 244 g/mol. The molecule has 1 heterocycles. The maximum Gasteiger partial charge on any atom is 0.379 e. The average molecular weight is 258 g/mol. The van der Waals surface area contributed by atoms with Crippen LogP contribution in [0.2, 0.25) is 0 Å². The number of hydrogen-bond donors (Lipinski definition) is 1. The summed E-state index contributed by atoms with van der Waals surface area (Å²) in [6, 6.07) is 12.2. The van der Waals surface area contributed by atoms with Crippen LogP contribution in [0.4, 0.5) is 5.69 Å². The lowest BCUT2D eigenvalue weighted by Gasteiger charge is -2.07. The van der Waals surface area contributed by atoms with Crippen LogP contribution in [0.5, 0.6) is 5.88 Å². The third-order valence-corrected chi connectivity index (χ3v) is 2.44. The molecule has 0 bridgehead atoms. The Hall–Kier alpha value is -2.56. The van der Waals surface area contributed by atoms with E-state index >= 15 is 0 Å². The van der Waals surface area contributed by atoms with Crippen LogP contribution in [0.3, 0.4) is 0 Å². The van der Waals surface area contributed by atoms with Crippen molar-refractivity contribution in [1.82, 2.24) is 0 Å². The minimum Gasteiger partial charge on any atom is -0.616 e. The first kappa shape index (κ1) is 12.9. The van der Waals surface area contributed by atoms with Gasteiger partial charge in [-0.15, -0.1) is 4.73 Å². The highest BCUT2D eigenvalue weighted by atomic mass is 16.6. The predicted molar refractivity (Wildman–Crippen MR) is 70.7 cm³/mol. The van der Waals surface area contributed by atoms with Crippen molar-refractivity contribution < 1.29 is 14.3 Å². The number of benzene rings is 1. The second-order valence-corrected chi connectivity index (χ2v) is 4.07. The molecule has 5 heteroatoms. The standard InChI is InChI=1S/C14H14N2O3/c1-11-5-4-6-12(9-11)15-13(17)10-19-14-7-2-3-8-16(14)18/h2-9H,10H2,1H3,(H,15,17). The van der Waals surface area contributed by atoms with Crippen LogP contribution in [-0.2, 0) is 4.79 Å². The molecule has 0 atom stereocenters. The number of carbonyl (C=O) groups is 1. The maximum absolute atomic E-state index is 11.7. The van der Waals surface area contributed by atoms with Crippen molar-refractivity contribution in [3.63, 3.8) is 0 Å². The first-order valence-electron chi connectivity index (χ1n) is 5.82. The quantitative estimate of drug-likeness (QED) is 0.669. The van der Waals surface area contributed by atoms with Gasteiger partial charge >= 0.3 is 5.88 Å². The topological polar surface area (TPSA) is 65.3 Å². The van der Waals surface area contributed by atoms with Crippen molar-refractivity contribution >= 4 is 11.6 Å². The molecule has 0 fully saturated rings. The van der Waals surface area contributed by atoms with Crippen molar-refractivity contribution in [2.75, 3.05) is 11.9 Å². The maximum atomic E-state index is 11.7. The molecule has 0 saturated heterocycles. The zero-order chi connectivity index (χ0) is 13.7. The summed E-state index contributed by atoms with van der Waals surface area (Å²) < 4.78 is 5.71. The lowest BCUT2D eigenvalue weighted by atomic mass is 10.2. The highest BCUT2D eigenvalue weighted by Gasteiger charge is 2.08. The Morgan fingerprint density at radius 1 is 1.32 bits per heavy atom. The first-order valence-corrected chi connectivity index (χ1v) is 5.82. The number of aryl methyl sites for hydroxylation is 1. The van der Waals surface area contributed by atoms with Gasteiger partial charge < -0.3 is 15.3 Å². The number of hydrogen-bond acceptors (Lipinski definition) is 3. The summed E-state index contributed by atoms with van der Waals surface area (Å²) in [6.45, 7) is 1.73. The largest absolute Gasteiger partial charge is 0.616 e. The van der Waals surface area contributed by atoms with Crippen molar-refractivity contribution in [3.05, 3.63) is 59.4 Å². The highest BCUT2D eigenvalue weighted by Crippen LogP contribution is 2.09. The summed E-state index contributed by atoms with van der Waals surface area (Å²) in [4.78, 5) is 11.7. The second-order valence-electron chi connectivity index (χ2n) is 4.07. The van der Waals surface area contributed by atoms with E-state index in [2.05, 4.69) is 5.32 Å². The minimum atomic E-state index is -0.311. The van der Waals surface area contributed by atoms with E-state index in [4.69, 9.17) is 4.74 Å². The summed E-state index contributed by atoms with van der Waals surface area (Å²) in [7, 11) is 0. The van der Waals surface area contributed by atoms with Crippen LogP contribution >= 0.6 is 0 Å². The molecular formula is C14H14N2O3. The summed E-state index contributed by atoms with van der Waals surface area (Å²) in [5, 5.41) is 14.0. The van der Waals surface area contributed by atoms with E-state index in [0.717, 1.165) is 5.56 Å². The molecule has 1 aromatic heterocycles. The van der Waals surface area contributed by atoms with Crippen molar-refractivity contribution in [1.29, 1.82) is 0 Å². The fourth-order valence-electron chi connectivity index (χ4n) is 1.58. The number of amides is 1. The molecule has 0 unspecified atom stereocenters. The molecule has 0 radical (unpaired) electrons. The average Bonchev–Trinajstić information content (AvgIpc) is 2.38. The number of carbonyl (C=O) groups excluding carboxylic acids is 1. The molecule has 0 aliphatic rings. The highest BCUT2D eigenvalue weighted by molar-refractivity contribution is 5.91. The van der Waals surface area contributed by atoms with E-state index in [1.54, 1.807) is 18.2 Å². The summed E-state index contributed by atoms with van der Waals surface area (Å²) >= 11 is 0. The van der Waals surface area contributed by atoms with Gasteiger partial charge in [-0.25, -0.2) is 0 Å². The summed E-state index contributed by atoms with van der Waals surface area (Å²) in [5.74, 6) is -0.212. The fraction of sp³-hybridized carbons (Fsp3) is 0.143. The van der Waals surface area contributed by atoms with E-state index in [9.17, 15) is 10.0 Å². The van der Waals surface area contributed by atoms with E-state index in [1.807, 2.05) is 25.1 Å². The number of nitrogens with zero attached hydrogens (tertiary/aromatic N) is 1. The Morgan fingerprint density at radius 2 is 2.16 bits per heavy atom. The Labute approximate surface area is 111 Å². The van der Waals surface area contributed by atoms with Gasteiger partial charge in [0, 0.05) is 11.8 Å². The third kappa shape index (κ3) is 3.70. The van der Waals surface area contributed by atoms with Crippen LogP contribution < -0.4 is 14.8 Å². The number of aromatic nitrogens is 1. The molecule has 1 N–H and O–H groups in total. The minimum absolute atomic E-state index is 0.0990. The lowest BCUT2D eigenvalue weighted by molar-refractivity contribution is -0.612. The smallest absolute Gasteiger partial charge is 0.379 e. The van der Waals surface area contributed by atoms with Crippen molar-refractivity contribution in [2.24, 2.45) is 0 Å². The van der Waals surface area contributed by atoms with Gasteiger partial charge in [0.2, 0.25) is 0 Å². The number of anilines is 1. The van der Waals surface area contributed by atoms with Crippen molar-refractivity contribution in [3.8, 4) is 5.88 Å². The second kappa shape index (κ2) is 5.86. The van der Waals surface area contributed by atoms with Gasteiger partial charge in [-0.1, -0.05) is 12.1 Å². The molecule has 1 aromatic carbocycles. The molecule has 0 spiro atoms. The monoisotopic (exact) mass is 258 g/mol. The molecule has 0 aliphatic carbocycles. The number of ether oxygens (including phenoxy) is 1. The molecule has 0 aliphatic heterocycles. The van der Waals surface area contributed by atoms with Crippen LogP contribution in [0.25, 0.3) is 0 Å². The number of rotatable bonds is 4. The molecule has 1 amide bonds. The molecule has 98 valence electrons. The number of nitrogens with one attached hydrogen (secondary N) is 1. The van der Waals surface area contributed by atoms with Gasteiger partial charge in [-0.05, 0) is 30.7 Å². The van der Waals surface area contributed by atoms with Crippen molar-refractivity contribution in [2.45, 2.75) is 6.92 Å². The summed E-state index contributed by atoms with van der Waals surface area (Å²) in [5.41, 5.74) is 1.76. The zero-order valence-corrected chi connectivity index (χ0v) is 10.5. The third-order valence-electron chi connectivity index (χ3n) is 2.44. The molecule has 5 nitrogen and oxygen atoms in total. The SMILES string of the molecule is Cc1cccc(NC(=O)COc2cccc[n+]2[O-])c1. The van der Waals surface area contributed by atoms with Gasteiger partial charge in [0.05, 0.1) is 6.07 Å². The predicted octanol–water partition coefficient (Wildman–Crippen LogP) is 1.65. The van der Waals surface area contributed by atoms with Crippen LogP contribution in [0, 0.1) is 12.1 Å². The normalized spacial score (nSPS) is 9.95. The Bertz CT molecular complexity index is 584. The molecule has 19 heavy (non-hydrogen) atoms. The van der Waals surface area contributed by atoms with Gasteiger partial charge in [-0.2, -0.15) is 0 Å². The van der Waals surface area contributed by atoms with E-state index in [1.165, 1.54) is 12.3 Å². The van der Waals surface area contributed by atoms with Gasteiger partial charge in [0.25, 0.3) is 5.91 Å². The van der Waals surface area contributed by atoms with Gasteiger partial charge in [0.15, 0.2) is 12.8 Å². The van der Waals surface area contributed by atoms with E-state index < -0.39 is 0 Å². The Balaban J connectivity index is 1.90. The Morgan fingerprint density at radius 3 is 2.89 bits per heavy atom. The molecule has 0 saturated carbocycles. The Kier molecular flexibility index (Phi) is 3.97. The summed E-state index contributed by atoms with van der Waals surface area (Å²) in [6.07, 6.45) is 1.31. The zero-order valence-electron chi connectivity index (χ0n) is 10.5. The van der Waals surface area contributed by atoms with E-state index in [0.29, 0.717) is 10.4 Å². The van der Waals surface area contributed by atoms with Crippen LogP contribution in [-0.4, -0.2) is 12.5 Å². The van der Waals surface area contributed by atoms with E-state index in [-0.39, 0.29) is 18.4 Å². The molecule has 2 aromatic rings. The fourth-order valence-corrected chi connectivity index (χ4v) is 1.58. The van der Waals surface area contributed by atoms with Crippen LogP contribution in [0.1, 0.15) is 5.56 Å².